The highest BCUT2D eigenvalue weighted by atomic mass is 16.4. The lowest BCUT2D eigenvalue weighted by molar-refractivity contribution is -0.144. The number of para-hydroxylation sites is 1. The number of rotatable bonds is 11. The number of benzene rings is 1. The second-order valence-electron chi connectivity index (χ2n) is 8.99. The molecule has 2 heterocycles. The molecule has 2 aromatic rings. The Morgan fingerprint density at radius 2 is 1.92 bits per heavy atom. The SMILES string of the molecule is CC(NC(=O)C1CCCN1C(=O)C(Cc1c[nH]c2ccccc12)NC(=O)C(N)CCC(N)=O)C(=O)O. The minimum atomic E-state index is -1.19. The van der Waals surface area contributed by atoms with Crippen LogP contribution in [0.15, 0.2) is 30.5 Å². The molecule has 1 fully saturated rings. The topological polar surface area (TPSA) is 201 Å². The number of nitrogens with two attached hydrogens (primary N) is 2. The number of likely N-dealkylation sites (tertiary alicyclic amines) is 1. The van der Waals surface area contributed by atoms with Gasteiger partial charge in [0.15, 0.2) is 0 Å². The molecule has 194 valence electrons. The molecule has 1 saturated heterocycles. The Morgan fingerprint density at radius 3 is 2.61 bits per heavy atom. The summed E-state index contributed by atoms with van der Waals surface area (Å²) >= 11 is 0. The Morgan fingerprint density at radius 1 is 1.19 bits per heavy atom. The molecule has 4 atom stereocenters. The van der Waals surface area contributed by atoms with Crippen molar-refractivity contribution in [3.05, 3.63) is 36.0 Å². The molecule has 0 spiro atoms. The fourth-order valence-electron chi connectivity index (χ4n) is 4.30. The molecule has 1 aromatic heterocycles. The van der Waals surface area contributed by atoms with Crippen molar-refractivity contribution in [3.8, 4) is 0 Å². The monoisotopic (exact) mass is 500 g/mol. The smallest absolute Gasteiger partial charge is 0.325 e. The van der Waals surface area contributed by atoms with E-state index in [9.17, 15) is 24.0 Å². The lowest BCUT2D eigenvalue weighted by atomic mass is 10.0. The second kappa shape index (κ2) is 11.7. The molecular weight excluding hydrogens is 468 g/mol. The van der Waals surface area contributed by atoms with E-state index in [4.69, 9.17) is 16.6 Å². The molecule has 8 N–H and O–H groups in total. The standard InChI is InChI=1S/C24H32N6O6/c1-13(24(35)36)28-22(33)19-7-4-10-30(19)23(34)18(29-21(32)16(25)8-9-20(26)31)11-14-12-27-17-6-3-2-5-15(14)17/h2-3,5-6,12-13,16,18-19,27H,4,7-11,25H2,1H3,(H2,26,31)(H,28,33)(H,29,32)(H,35,36). The van der Waals surface area contributed by atoms with E-state index in [1.165, 1.54) is 11.8 Å². The van der Waals surface area contributed by atoms with E-state index in [1.807, 2.05) is 24.3 Å². The summed E-state index contributed by atoms with van der Waals surface area (Å²) in [6.07, 6.45) is 2.76. The highest BCUT2D eigenvalue weighted by Crippen LogP contribution is 2.23. The molecule has 12 nitrogen and oxygen atoms in total. The van der Waals surface area contributed by atoms with Gasteiger partial charge in [0.25, 0.3) is 0 Å². The van der Waals surface area contributed by atoms with Gasteiger partial charge in [-0.15, -0.1) is 0 Å². The van der Waals surface area contributed by atoms with Crippen molar-refractivity contribution in [1.82, 2.24) is 20.5 Å². The van der Waals surface area contributed by atoms with E-state index >= 15 is 0 Å². The lowest BCUT2D eigenvalue weighted by Gasteiger charge is -2.29. The van der Waals surface area contributed by atoms with Crippen LogP contribution in [-0.4, -0.2) is 75.3 Å². The summed E-state index contributed by atoms with van der Waals surface area (Å²) in [5.41, 5.74) is 12.7. The van der Waals surface area contributed by atoms with E-state index in [-0.39, 0.29) is 25.8 Å². The number of hydrogen-bond donors (Lipinski definition) is 6. The van der Waals surface area contributed by atoms with E-state index in [0.29, 0.717) is 12.8 Å². The van der Waals surface area contributed by atoms with E-state index in [1.54, 1.807) is 6.20 Å². The Labute approximate surface area is 207 Å². The number of H-pyrrole nitrogens is 1. The van der Waals surface area contributed by atoms with E-state index in [0.717, 1.165) is 16.5 Å². The van der Waals surface area contributed by atoms with Crippen molar-refractivity contribution < 1.29 is 29.1 Å². The lowest BCUT2D eigenvalue weighted by Crippen LogP contribution is -2.57. The minimum Gasteiger partial charge on any atom is -0.480 e. The number of carboxylic acid groups (broad SMARTS) is 1. The minimum absolute atomic E-state index is 0.0248. The zero-order valence-corrected chi connectivity index (χ0v) is 20.0. The molecule has 4 unspecified atom stereocenters. The van der Waals surface area contributed by atoms with Crippen molar-refractivity contribution in [2.24, 2.45) is 11.5 Å². The quantitative estimate of drug-likeness (QED) is 0.236. The maximum Gasteiger partial charge on any atom is 0.325 e. The Kier molecular flexibility index (Phi) is 8.64. The summed E-state index contributed by atoms with van der Waals surface area (Å²) in [5, 5.41) is 15.1. The van der Waals surface area contributed by atoms with Gasteiger partial charge in [0.1, 0.15) is 18.1 Å². The first-order valence-corrected chi connectivity index (χ1v) is 11.8. The summed E-state index contributed by atoms with van der Waals surface area (Å²) in [6.45, 7) is 1.63. The van der Waals surface area contributed by atoms with Crippen LogP contribution in [0, 0.1) is 0 Å². The third-order valence-corrected chi connectivity index (χ3v) is 6.32. The Hall–Kier alpha value is -3.93. The molecule has 0 bridgehead atoms. The van der Waals surface area contributed by atoms with Gasteiger partial charge in [-0.05, 0) is 37.8 Å². The third kappa shape index (κ3) is 6.39. The van der Waals surface area contributed by atoms with Crippen LogP contribution in [-0.2, 0) is 30.4 Å². The normalized spacial score (nSPS) is 17.8. The van der Waals surface area contributed by atoms with Crippen molar-refractivity contribution >= 4 is 40.5 Å². The number of amides is 4. The van der Waals surface area contributed by atoms with Crippen LogP contribution in [0.2, 0.25) is 0 Å². The highest BCUT2D eigenvalue weighted by Gasteiger charge is 2.39. The number of hydrogen-bond acceptors (Lipinski definition) is 6. The van der Waals surface area contributed by atoms with Gasteiger partial charge in [0.2, 0.25) is 23.6 Å². The van der Waals surface area contributed by atoms with Crippen LogP contribution >= 0.6 is 0 Å². The third-order valence-electron chi connectivity index (χ3n) is 6.32. The van der Waals surface area contributed by atoms with Crippen molar-refractivity contribution in [2.45, 2.75) is 63.2 Å². The summed E-state index contributed by atoms with van der Waals surface area (Å²) in [4.78, 5) is 65.9. The molecule has 12 heteroatoms. The Balaban J connectivity index is 1.82. The number of aromatic amines is 1. The molecule has 1 aliphatic heterocycles. The first kappa shape index (κ1) is 26.7. The molecule has 1 aromatic carbocycles. The molecule has 0 saturated carbocycles. The van der Waals surface area contributed by atoms with Gasteiger partial charge in [-0.1, -0.05) is 18.2 Å². The number of aliphatic carboxylic acids is 1. The molecule has 0 radical (unpaired) electrons. The molecule has 36 heavy (non-hydrogen) atoms. The average molecular weight is 501 g/mol. The largest absolute Gasteiger partial charge is 0.480 e. The van der Waals surface area contributed by atoms with Crippen LogP contribution in [0.4, 0.5) is 0 Å². The highest BCUT2D eigenvalue weighted by molar-refractivity contribution is 5.95. The number of carbonyl (C=O) groups excluding carboxylic acids is 4. The molecule has 4 amide bonds. The first-order chi connectivity index (χ1) is 17.1. The van der Waals surface area contributed by atoms with Gasteiger partial charge in [0, 0.05) is 36.5 Å². The molecule has 0 aliphatic carbocycles. The van der Waals surface area contributed by atoms with E-state index in [2.05, 4.69) is 15.6 Å². The van der Waals surface area contributed by atoms with Crippen LogP contribution in [0.3, 0.4) is 0 Å². The van der Waals surface area contributed by atoms with Gasteiger partial charge < -0.3 is 37.1 Å². The van der Waals surface area contributed by atoms with Gasteiger partial charge in [-0.3, -0.25) is 24.0 Å². The van der Waals surface area contributed by atoms with Gasteiger partial charge in [-0.2, -0.15) is 0 Å². The van der Waals surface area contributed by atoms with Crippen molar-refractivity contribution in [3.63, 3.8) is 0 Å². The zero-order valence-electron chi connectivity index (χ0n) is 20.0. The number of aromatic nitrogens is 1. The number of nitrogens with one attached hydrogen (secondary N) is 3. The number of carboxylic acids is 1. The van der Waals surface area contributed by atoms with Gasteiger partial charge in [0.05, 0.1) is 6.04 Å². The number of carbonyl (C=O) groups is 5. The number of nitrogens with zero attached hydrogens (tertiary/aromatic N) is 1. The predicted octanol–water partition coefficient (Wildman–Crippen LogP) is -0.632. The second-order valence-corrected chi connectivity index (χ2v) is 8.99. The first-order valence-electron chi connectivity index (χ1n) is 11.8. The van der Waals surface area contributed by atoms with E-state index < -0.39 is 53.8 Å². The summed E-state index contributed by atoms with van der Waals surface area (Å²) in [7, 11) is 0. The maximum atomic E-state index is 13.7. The van der Waals surface area contributed by atoms with Crippen LogP contribution in [0.1, 0.15) is 38.2 Å². The molecule has 1 aliphatic rings. The van der Waals surface area contributed by atoms with Crippen LogP contribution in [0.5, 0.6) is 0 Å². The fraction of sp³-hybridized carbons (Fsp3) is 0.458. The fourth-order valence-corrected chi connectivity index (χ4v) is 4.30. The van der Waals surface area contributed by atoms with Crippen LogP contribution < -0.4 is 22.1 Å². The van der Waals surface area contributed by atoms with Crippen molar-refractivity contribution in [1.29, 1.82) is 0 Å². The maximum absolute atomic E-state index is 13.7. The number of primary amides is 1. The van der Waals surface area contributed by atoms with Gasteiger partial charge in [-0.25, -0.2) is 0 Å². The van der Waals surface area contributed by atoms with Crippen molar-refractivity contribution in [2.75, 3.05) is 6.54 Å². The summed E-state index contributed by atoms with van der Waals surface area (Å²) in [5.74, 6) is -3.43. The summed E-state index contributed by atoms with van der Waals surface area (Å²) in [6, 6.07) is 3.45. The zero-order chi connectivity index (χ0) is 26.4. The van der Waals surface area contributed by atoms with Gasteiger partial charge >= 0.3 is 5.97 Å². The molecule has 3 rings (SSSR count). The molecular formula is C24H32N6O6. The number of fused-ring (bicyclic) bond motifs is 1. The predicted molar refractivity (Wildman–Crippen MR) is 130 cm³/mol. The Bertz CT molecular complexity index is 1150. The average Bonchev–Trinajstić information content (AvgIpc) is 3.49. The summed E-state index contributed by atoms with van der Waals surface area (Å²) < 4.78 is 0. The van der Waals surface area contributed by atoms with Crippen LogP contribution in [0.25, 0.3) is 10.9 Å².